The molecule has 2 rings (SSSR count). The quantitative estimate of drug-likeness (QED) is 0.820. The number of alkyl halides is 3. The van der Waals surface area contributed by atoms with E-state index in [-0.39, 0.29) is 11.8 Å². The van der Waals surface area contributed by atoms with Crippen LogP contribution in [0.1, 0.15) is 12.5 Å². The molecule has 1 saturated heterocycles. The van der Waals surface area contributed by atoms with Crippen LogP contribution in [0.3, 0.4) is 0 Å². The molecule has 1 fully saturated rings. The smallest absolute Gasteiger partial charge is 0.416 e. The van der Waals surface area contributed by atoms with Crippen molar-refractivity contribution in [2.75, 3.05) is 38.1 Å². The Kier molecular flexibility index (Phi) is 5.87. The highest BCUT2D eigenvalue weighted by atomic mass is 32.1. The standard InChI is InChI=1S/C15H18F3N3O2S/c1-2-23-14(22)21-8-6-20(7-9-21)13(24)19-12-5-3-4-11(10-12)15(16,17)18/h3-5,10H,2,6-9H2,1H3,(H,19,24). The molecule has 0 spiro atoms. The summed E-state index contributed by atoms with van der Waals surface area (Å²) >= 11 is 5.25. The average Bonchev–Trinajstić information content (AvgIpc) is 2.54. The van der Waals surface area contributed by atoms with Gasteiger partial charge in [0, 0.05) is 31.9 Å². The molecule has 1 aliphatic rings. The summed E-state index contributed by atoms with van der Waals surface area (Å²) in [6.07, 6.45) is -4.76. The number of benzene rings is 1. The molecule has 1 N–H and O–H groups in total. The van der Waals surface area contributed by atoms with Crippen molar-refractivity contribution in [1.29, 1.82) is 0 Å². The number of thiocarbonyl (C=S) groups is 1. The minimum atomic E-state index is -4.40. The summed E-state index contributed by atoms with van der Waals surface area (Å²) in [5.41, 5.74) is -0.454. The number of rotatable bonds is 2. The average molecular weight is 361 g/mol. The van der Waals surface area contributed by atoms with Gasteiger partial charge in [0.15, 0.2) is 5.11 Å². The highest BCUT2D eigenvalue weighted by Gasteiger charge is 2.30. The van der Waals surface area contributed by atoms with Crippen LogP contribution in [0.5, 0.6) is 0 Å². The number of hydrogen-bond donors (Lipinski definition) is 1. The summed E-state index contributed by atoms with van der Waals surface area (Å²) in [5, 5.41) is 3.15. The van der Waals surface area contributed by atoms with Gasteiger partial charge < -0.3 is 19.9 Å². The highest BCUT2D eigenvalue weighted by molar-refractivity contribution is 7.80. The van der Waals surface area contributed by atoms with Crippen molar-refractivity contribution in [3.8, 4) is 0 Å². The van der Waals surface area contributed by atoms with Crippen LogP contribution in [-0.2, 0) is 10.9 Å². The topological polar surface area (TPSA) is 44.8 Å². The van der Waals surface area contributed by atoms with Gasteiger partial charge in [-0.25, -0.2) is 4.79 Å². The molecule has 5 nitrogen and oxygen atoms in total. The molecule has 0 atom stereocenters. The Morgan fingerprint density at radius 1 is 1.25 bits per heavy atom. The summed E-state index contributed by atoms with van der Waals surface area (Å²) in [6, 6.07) is 4.87. The number of amides is 1. The number of hydrogen-bond acceptors (Lipinski definition) is 3. The molecule has 1 amide bonds. The molecular weight excluding hydrogens is 343 g/mol. The van der Waals surface area contributed by atoms with E-state index in [2.05, 4.69) is 5.32 Å². The SMILES string of the molecule is CCOC(=O)N1CCN(C(=S)Nc2cccc(C(F)(F)F)c2)CC1. The van der Waals surface area contributed by atoms with Crippen molar-refractivity contribution in [3.05, 3.63) is 29.8 Å². The zero-order chi connectivity index (χ0) is 17.7. The number of ether oxygens (including phenoxy) is 1. The van der Waals surface area contributed by atoms with Crippen molar-refractivity contribution >= 4 is 29.1 Å². The van der Waals surface area contributed by atoms with Crippen LogP contribution in [0, 0.1) is 0 Å². The molecule has 1 aliphatic heterocycles. The molecule has 0 bridgehead atoms. The summed E-state index contributed by atoms with van der Waals surface area (Å²) in [6.45, 7) is 3.93. The molecule has 1 aromatic carbocycles. The van der Waals surface area contributed by atoms with Gasteiger partial charge in [-0.2, -0.15) is 13.2 Å². The van der Waals surface area contributed by atoms with Gasteiger partial charge in [-0.15, -0.1) is 0 Å². The zero-order valence-electron chi connectivity index (χ0n) is 13.1. The number of piperazine rings is 1. The molecule has 24 heavy (non-hydrogen) atoms. The number of nitrogens with zero attached hydrogens (tertiary/aromatic N) is 2. The minimum Gasteiger partial charge on any atom is -0.450 e. The van der Waals surface area contributed by atoms with Crippen LogP contribution < -0.4 is 5.32 Å². The maximum absolute atomic E-state index is 12.7. The lowest BCUT2D eigenvalue weighted by Crippen LogP contribution is -2.51. The normalized spacial score (nSPS) is 15.2. The van der Waals surface area contributed by atoms with E-state index in [0.29, 0.717) is 37.9 Å². The number of halogens is 3. The van der Waals surface area contributed by atoms with E-state index < -0.39 is 11.7 Å². The summed E-state index contributed by atoms with van der Waals surface area (Å²) in [4.78, 5) is 15.0. The predicted octanol–water partition coefficient (Wildman–Crippen LogP) is 3.18. The van der Waals surface area contributed by atoms with Crippen molar-refractivity contribution in [2.45, 2.75) is 13.1 Å². The van der Waals surface area contributed by atoms with E-state index in [1.807, 2.05) is 4.90 Å². The van der Waals surface area contributed by atoms with Gasteiger partial charge in [0.05, 0.1) is 12.2 Å². The first kappa shape index (κ1) is 18.3. The van der Waals surface area contributed by atoms with Gasteiger partial charge in [-0.05, 0) is 37.3 Å². The Balaban J connectivity index is 1.91. The Hall–Kier alpha value is -2.03. The summed E-state index contributed by atoms with van der Waals surface area (Å²) < 4.78 is 43.1. The Bertz CT molecular complexity index is 602. The molecule has 1 heterocycles. The summed E-state index contributed by atoms with van der Waals surface area (Å²) in [5.74, 6) is 0. The molecule has 0 aromatic heterocycles. The lowest BCUT2D eigenvalue weighted by molar-refractivity contribution is -0.137. The van der Waals surface area contributed by atoms with Crippen molar-refractivity contribution in [3.63, 3.8) is 0 Å². The second-order valence-electron chi connectivity index (χ2n) is 5.18. The third kappa shape index (κ3) is 4.73. The van der Waals surface area contributed by atoms with E-state index in [1.54, 1.807) is 11.8 Å². The van der Waals surface area contributed by atoms with Gasteiger partial charge in [0.2, 0.25) is 0 Å². The van der Waals surface area contributed by atoms with Crippen LogP contribution >= 0.6 is 12.2 Å². The Labute approximate surface area is 143 Å². The third-order valence-corrected chi connectivity index (χ3v) is 3.89. The van der Waals surface area contributed by atoms with Gasteiger partial charge in [-0.3, -0.25) is 0 Å². The third-order valence-electron chi connectivity index (χ3n) is 3.53. The van der Waals surface area contributed by atoms with E-state index in [4.69, 9.17) is 17.0 Å². The van der Waals surface area contributed by atoms with Crippen molar-refractivity contribution < 1.29 is 22.7 Å². The zero-order valence-corrected chi connectivity index (χ0v) is 13.9. The van der Waals surface area contributed by atoms with Gasteiger partial charge >= 0.3 is 12.3 Å². The van der Waals surface area contributed by atoms with Crippen LogP contribution in [0.15, 0.2) is 24.3 Å². The van der Waals surface area contributed by atoms with Crippen LogP contribution in [0.4, 0.5) is 23.7 Å². The number of nitrogens with one attached hydrogen (secondary N) is 1. The van der Waals surface area contributed by atoms with Crippen LogP contribution in [0.25, 0.3) is 0 Å². The maximum Gasteiger partial charge on any atom is 0.416 e. The predicted molar refractivity (Wildman–Crippen MR) is 87.8 cm³/mol. The lowest BCUT2D eigenvalue weighted by atomic mass is 10.2. The van der Waals surface area contributed by atoms with Crippen LogP contribution in [0.2, 0.25) is 0 Å². The van der Waals surface area contributed by atoms with Crippen molar-refractivity contribution in [2.24, 2.45) is 0 Å². The first-order valence-corrected chi connectivity index (χ1v) is 7.87. The fourth-order valence-electron chi connectivity index (χ4n) is 2.28. The Morgan fingerprint density at radius 2 is 1.88 bits per heavy atom. The van der Waals surface area contributed by atoms with Crippen LogP contribution in [-0.4, -0.2) is 53.8 Å². The molecule has 1 aromatic rings. The molecule has 0 aliphatic carbocycles. The molecule has 0 saturated carbocycles. The van der Waals surface area contributed by atoms with E-state index >= 15 is 0 Å². The summed E-state index contributed by atoms with van der Waals surface area (Å²) in [7, 11) is 0. The van der Waals surface area contributed by atoms with Gasteiger partial charge in [0.1, 0.15) is 0 Å². The molecule has 9 heteroatoms. The maximum atomic E-state index is 12.7. The fraction of sp³-hybridized carbons (Fsp3) is 0.467. The lowest BCUT2D eigenvalue weighted by Gasteiger charge is -2.35. The highest BCUT2D eigenvalue weighted by Crippen LogP contribution is 2.30. The molecular formula is C15H18F3N3O2S. The second kappa shape index (κ2) is 7.69. The van der Waals surface area contributed by atoms with E-state index in [0.717, 1.165) is 12.1 Å². The monoisotopic (exact) mass is 361 g/mol. The number of carbonyl (C=O) groups excluding carboxylic acids is 1. The molecule has 132 valence electrons. The number of anilines is 1. The van der Waals surface area contributed by atoms with E-state index in [1.165, 1.54) is 12.1 Å². The first-order valence-electron chi connectivity index (χ1n) is 7.46. The van der Waals surface area contributed by atoms with Gasteiger partial charge in [0.25, 0.3) is 0 Å². The van der Waals surface area contributed by atoms with E-state index in [9.17, 15) is 18.0 Å². The van der Waals surface area contributed by atoms with Crippen molar-refractivity contribution in [1.82, 2.24) is 9.80 Å². The Morgan fingerprint density at radius 3 is 2.46 bits per heavy atom. The second-order valence-corrected chi connectivity index (χ2v) is 5.57. The molecule has 0 radical (unpaired) electrons. The number of carbonyl (C=O) groups is 1. The first-order chi connectivity index (χ1) is 11.3. The fourth-order valence-corrected chi connectivity index (χ4v) is 2.58. The largest absolute Gasteiger partial charge is 0.450 e. The minimum absolute atomic E-state index is 0.280. The molecule has 0 unspecified atom stereocenters. The van der Waals surface area contributed by atoms with Gasteiger partial charge in [-0.1, -0.05) is 6.07 Å².